The average Bonchev–Trinajstić information content (AvgIpc) is 3.40. The van der Waals surface area contributed by atoms with Gasteiger partial charge in [-0.25, -0.2) is 0 Å². The number of fused-ring (bicyclic) bond motifs is 4. The molecule has 0 bridgehead atoms. The number of hydrogen-bond donors (Lipinski definition) is 2. The zero-order valence-electron chi connectivity index (χ0n) is 15.8. The molecule has 1 unspecified atom stereocenters. The van der Waals surface area contributed by atoms with E-state index < -0.39 is 0 Å². The first-order chi connectivity index (χ1) is 14.3. The van der Waals surface area contributed by atoms with Gasteiger partial charge in [0.05, 0.1) is 12.1 Å². The molecule has 2 aliphatic heterocycles. The largest absolute Gasteiger partial charge is 0.508 e. The Morgan fingerprint density at radius 3 is 2.76 bits per heavy atom. The highest BCUT2D eigenvalue weighted by molar-refractivity contribution is 5.83. The molecule has 1 saturated heterocycles. The summed E-state index contributed by atoms with van der Waals surface area (Å²) in [5, 5.41) is 14.7. The lowest BCUT2D eigenvalue weighted by Crippen LogP contribution is -2.29. The summed E-state index contributed by atoms with van der Waals surface area (Å²) < 4.78 is 12.3. The summed E-state index contributed by atoms with van der Waals surface area (Å²) in [6.45, 7) is 0.751. The van der Waals surface area contributed by atoms with Gasteiger partial charge in [0, 0.05) is 34.7 Å². The molecule has 0 amide bonds. The Labute approximate surface area is 168 Å². The minimum absolute atomic E-state index is 0.0444. The van der Waals surface area contributed by atoms with Crippen molar-refractivity contribution in [3.63, 3.8) is 0 Å². The number of nitrogens with one attached hydrogen (secondary N) is 1. The molecule has 144 valence electrons. The first-order valence-electron chi connectivity index (χ1n) is 10.1. The van der Waals surface area contributed by atoms with Crippen LogP contribution < -0.4 is 5.32 Å². The third-order valence-electron chi connectivity index (χ3n) is 6.17. The first kappa shape index (κ1) is 16.7. The normalized spacial score (nSPS) is 22.8. The Hall–Kier alpha value is -3.24. The van der Waals surface area contributed by atoms with Crippen LogP contribution in [0.25, 0.3) is 22.3 Å². The van der Waals surface area contributed by atoms with Crippen LogP contribution in [0.2, 0.25) is 0 Å². The molecule has 3 aromatic carbocycles. The molecule has 4 nitrogen and oxygen atoms in total. The molecule has 0 aliphatic carbocycles. The van der Waals surface area contributed by atoms with E-state index in [4.69, 9.17) is 9.15 Å². The van der Waals surface area contributed by atoms with Crippen LogP contribution in [0.4, 0.5) is 5.69 Å². The topological polar surface area (TPSA) is 54.6 Å². The predicted molar refractivity (Wildman–Crippen MR) is 113 cm³/mol. The van der Waals surface area contributed by atoms with Crippen molar-refractivity contribution >= 4 is 16.7 Å². The van der Waals surface area contributed by atoms with Crippen LogP contribution in [-0.4, -0.2) is 11.7 Å². The highest BCUT2D eigenvalue weighted by atomic mass is 16.5. The van der Waals surface area contributed by atoms with E-state index in [1.54, 1.807) is 6.07 Å². The molecule has 1 aromatic heterocycles. The van der Waals surface area contributed by atoms with Gasteiger partial charge >= 0.3 is 0 Å². The number of phenolic OH excluding ortho intramolecular Hbond substituents is 1. The van der Waals surface area contributed by atoms with Crippen LogP contribution in [0.3, 0.4) is 0 Å². The summed E-state index contributed by atoms with van der Waals surface area (Å²) in [6, 6.07) is 24.2. The average molecular weight is 383 g/mol. The maximum absolute atomic E-state index is 9.93. The van der Waals surface area contributed by atoms with Gasteiger partial charge in [-0.05, 0) is 54.4 Å². The van der Waals surface area contributed by atoms with Gasteiger partial charge in [0.15, 0.2) is 0 Å². The van der Waals surface area contributed by atoms with Crippen LogP contribution in [-0.2, 0) is 4.74 Å². The minimum Gasteiger partial charge on any atom is -0.508 e. The van der Waals surface area contributed by atoms with Crippen molar-refractivity contribution in [3.8, 4) is 17.1 Å². The summed E-state index contributed by atoms with van der Waals surface area (Å²) in [5.74, 6) is 1.50. The fraction of sp³-hybridized carbons (Fsp3) is 0.200. The van der Waals surface area contributed by atoms with E-state index in [1.807, 2.05) is 30.3 Å². The van der Waals surface area contributed by atoms with E-state index >= 15 is 0 Å². The lowest BCUT2D eigenvalue weighted by molar-refractivity contribution is 0.0829. The summed E-state index contributed by atoms with van der Waals surface area (Å²) >= 11 is 0. The molecule has 4 heteroatoms. The van der Waals surface area contributed by atoms with Crippen molar-refractivity contribution in [3.05, 3.63) is 83.9 Å². The number of furan rings is 1. The molecule has 1 fully saturated rings. The molecule has 2 aliphatic rings. The first-order valence-corrected chi connectivity index (χ1v) is 10.1. The number of hydrogen-bond acceptors (Lipinski definition) is 4. The maximum Gasteiger partial charge on any atom is 0.135 e. The van der Waals surface area contributed by atoms with Crippen molar-refractivity contribution < 1.29 is 14.3 Å². The Balaban J connectivity index is 1.42. The standard InChI is InChI=1S/C25H21NO3/c27-18-6-3-5-17(12-18)24-19-10-11-28-25(19)20-13-16(8-9-21(20)26-24)23-14-15-4-1-2-7-22(15)29-23/h1-9,12-14,19,24-27H,10-11H2/t19-,24-,25?/m0/s1. The van der Waals surface area contributed by atoms with Crippen molar-refractivity contribution in [1.29, 1.82) is 0 Å². The van der Waals surface area contributed by atoms with Crippen LogP contribution in [0.15, 0.2) is 77.2 Å². The van der Waals surface area contributed by atoms with Crippen molar-refractivity contribution in [2.75, 3.05) is 11.9 Å². The minimum atomic E-state index is 0.0444. The van der Waals surface area contributed by atoms with Gasteiger partial charge in [-0.15, -0.1) is 0 Å². The second-order valence-electron chi connectivity index (χ2n) is 7.91. The van der Waals surface area contributed by atoms with Gasteiger partial charge in [0.25, 0.3) is 0 Å². The van der Waals surface area contributed by atoms with Crippen LogP contribution >= 0.6 is 0 Å². The van der Waals surface area contributed by atoms with Crippen LogP contribution in [0.1, 0.15) is 29.7 Å². The van der Waals surface area contributed by atoms with E-state index in [9.17, 15) is 5.11 Å². The zero-order valence-corrected chi connectivity index (χ0v) is 15.8. The van der Waals surface area contributed by atoms with Gasteiger partial charge in [0.1, 0.15) is 17.1 Å². The fourth-order valence-electron chi connectivity index (χ4n) is 4.80. The van der Waals surface area contributed by atoms with E-state index in [1.165, 1.54) is 5.56 Å². The Kier molecular flexibility index (Phi) is 3.68. The van der Waals surface area contributed by atoms with Gasteiger partial charge in [-0.3, -0.25) is 0 Å². The van der Waals surface area contributed by atoms with Crippen molar-refractivity contribution in [1.82, 2.24) is 0 Å². The molecule has 4 aromatic rings. The lowest BCUT2D eigenvalue weighted by atomic mass is 9.80. The molecular weight excluding hydrogens is 362 g/mol. The molecule has 3 heterocycles. The van der Waals surface area contributed by atoms with Gasteiger partial charge in [-0.1, -0.05) is 30.3 Å². The fourth-order valence-corrected chi connectivity index (χ4v) is 4.80. The zero-order chi connectivity index (χ0) is 19.4. The van der Waals surface area contributed by atoms with E-state index in [0.717, 1.165) is 46.6 Å². The molecular formula is C25H21NO3. The quantitative estimate of drug-likeness (QED) is 0.442. The van der Waals surface area contributed by atoms with Crippen LogP contribution in [0.5, 0.6) is 5.75 Å². The SMILES string of the molecule is Oc1cccc([C@@H]2Nc3ccc(-c4cc5ccccc5o4)cc3C3OCC[C@H]32)c1. The van der Waals surface area contributed by atoms with Crippen molar-refractivity contribution in [2.45, 2.75) is 18.6 Å². The van der Waals surface area contributed by atoms with Gasteiger partial charge < -0.3 is 19.6 Å². The van der Waals surface area contributed by atoms with E-state index in [0.29, 0.717) is 11.7 Å². The summed E-state index contributed by atoms with van der Waals surface area (Å²) in [4.78, 5) is 0. The Morgan fingerprint density at radius 2 is 1.86 bits per heavy atom. The third-order valence-corrected chi connectivity index (χ3v) is 6.17. The second-order valence-corrected chi connectivity index (χ2v) is 7.91. The Morgan fingerprint density at radius 1 is 0.931 bits per heavy atom. The van der Waals surface area contributed by atoms with Crippen molar-refractivity contribution in [2.24, 2.45) is 5.92 Å². The number of para-hydroxylation sites is 1. The third kappa shape index (κ3) is 2.71. The number of rotatable bonds is 2. The maximum atomic E-state index is 9.93. The highest BCUT2D eigenvalue weighted by Crippen LogP contribution is 2.50. The van der Waals surface area contributed by atoms with E-state index in [2.05, 4.69) is 41.7 Å². The molecule has 3 atom stereocenters. The number of aromatic hydroxyl groups is 1. The molecule has 6 rings (SSSR count). The van der Waals surface area contributed by atoms with Gasteiger partial charge in [0.2, 0.25) is 0 Å². The molecule has 29 heavy (non-hydrogen) atoms. The number of anilines is 1. The Bertz CT molecular complexity index is 1180. The molecule has 0 radical (unpaired) electrons. The van der Waals surface area contributed by atoms with Gasteiger partial charge in [-0.2, -0.15) is 0 Å². The molecule has 2 N–H and O–H groups in total. The second kappa shape index (κ2) is 6.39. The number of phenols is 1. The lowest BCUT2D eigenvalue weighted by Gasteiger charge is -2.36. The molecule has 0 saturated carbocycles. The predicted octanol–water partition coefficient (Wildman–Crippen LogP) is 6.05. The van der Waals surface area contributed by atoms with Crippen LogP contribution in [0, 0.1) is 5.92 Å². The van der Waals surface area contributed by atoms with E-state index in [-0.39, 0.29) is 12.1 Å². The monoisotopic (exact) mass is 383 g/mol. The smallest absolute Gasteiger partial charge is 0.135 e. The summed E-state index contributed by atoms with van der Waals surface area (Å²) in [6.07, 6.45) is 1.04. The highest BCUT2D eigenvalue weighted by Gasteiger charge is 2.41. The number of ether oxygens (including phenoxy) is 1. The summed E-state index contributed by atoms with van der Waals surface area (Å²) in [5.41, 5.74) is 5.32. The number of benzene rings is 3. The molecule has 0 spiro atoms. The summed E-state index contributed by atoms with van der Waals surface area (Å²) in [7, 11) is 0.